The van der Waals surface area contributed by atoms with Crippen LogP contribution in [0, 0.1) is 12.8 Å². The fourth-order valence-corrected chi connectivity index (χ4v) is 2.93. The minimum Gasteiger partial charge on any atom is -0.478 e. The number of pyridine rings is 1. The maximum atomic E-state index is 10.9. The van der Waals surface area contributed by atoms with Gasteiger partial charge in [0.1, 0.15) is 5.82 Å². The standard InChI is InChI=1S/C15H22N2O2/c1-11-8-13(15(18)19)9-16-14(11)17(2)10-12-6-4-3-5-7-12/h8-9,12H,3-7,10H2,1-2H3,(H,18,19). The molecular weight excluding hydrogens is 240 g/mol. The van der Waals surface area contributed by atoms with Gasteiger partial charge in [0.15, 0.2) is 0 Å². The van der Waals surface area contributed by atoms with Crippen LogP contribution in [0.25, 0.3) is 0 Å². The van der Waals surface area contributed by atoms with Crippen LogP contribution < -0.4 is 4.90 Å². The van der Waals surface area contributed by atoms with Crippen molar-refractivity contribution >= 4 is 11.8 Å². The summed E-state index contributed by atoms with van der Waals surface area (Å²) < 4.78 is 0. The number of aromatic nitrogens is 1. The first-order chi connectivity index (χ1) is 9.08. The molecule has 104 valence electrons. The van der Waals surface area contributed by atoms with Crippen molar-refractivity contribution in [1.29, 1.82) is 0 Å². The normalized spacial score (nSPS) is 16.3. The quantitative estimate of drug-likeness (QED) is 0.906. The summed E-state index contributed by atoms with van der Waals surface area (Å²) in [6.07, 6.45) is 8.09. The lowest BCUT2D eigenvalue weighted by Gasteiger charge is -2.28. The van der Waals surface area contributed by atoms with Crippen molar-refractivity contribution in [1.82, 2.24) is 4.98 Å². The third-order valence-corrected chi connectivity index (χ3v) is 3.92. The van der Waals surface area contributed by atoms with Gasteiger partial charge >= 0.3 is 5.97 Å². The number of aryl methyl sites for hydroxylation is 1. The molecule has 0 radical (unpaired) electrons. The Morgan fingerprint density at radius 2 is 2.11 bits per heavy atom. The predicted molar refractivity (Wildman–Crippen MR) is 75.8 cm³/mol. The summed E-state index contributed by atoms with van der Waals surface area (Å²) >= 11 is 0. The molecule has 0 unspecified atom stereocenters. The zero-order chi connectivity index (χ0) is 13.8. The van der Waals surface area contributed by atoms with Crippen molar-refractivity contribution in [2.24, 2.45) is 5.92 Å². The molecule has 1 fully saturated rings. The van der Waals surface area contributed by atoms with E-state index in [1.165, 1.54) is 38.3 Å². The molecule has 2 rings (SSSR count). The van der Waals surface area contributed by atoms with Gasteiger partial charge in [0.25, 0.3) is 0 Å². The third kappa shape index (κ3) is 3.46. The first kappa shape index (κ1) is 13.8. The summed E-state index contributed by atoms with van der Waals surface area (Å²) in [6.45, 7) is 2.94. The van der Waals surface area contributed by atoms with Gasteiger partial charge < -0.3 is 10.0 Å². The van der Waals surface area contributed by atoms with Gasteiger partial charge in [-0.2, -0.15) is 0 Å². The molecule has 1 aliphatic rings. The molecule has 0 aliphatic heterocycles. The van der Waals surface area contributed by atoms with Crippen LogP contribution in [0.4, 0.5) is 5.82 Å². The smallest absolute Gasteiger partial charge is 0.337 e. The summed E-state index contributed by atoms with van der Waals surface area (Å²) in [7, 11) is 2.05. The molecule has 19 heavy (non-hydrogen) atoms. The Morgan fingerprint density at radius 3 is 2.68 bits per heavy atom. The van der Waals surface area contributed by atoms with Gasteiger partial charge in [-0.1, -0.05) is 19.3 Å². The van der Waals surface area contributed by atoms with Gasteiger partial charge in [0, 0.05) is 19.8 Å². The Morgan fingerprint density at radius 1 is 1.42 bits per heavy atom. The Balaban J connectivity index is 2.05. The van der Waals surface area contributed by atoms with Crippen molar-refractivity contribution in [3.05, 3.63) is 23.4 Å². The van der Waals surface area contributed by atoms with E-state index < -0.39 is 5.97 Å². The van der Waals surface area contributed by atoms with Crippen LogP contribution >= 0.6 is 0 Å². The molecule has 4 heteroatoms. The molecule has 1 N–H and O–H groups in total. The lowest BCUT2D eigenvalue weighted by molar-refractivity contribution is 0.0696. The molecule has 0 saturated heterocycles. The van der Waals surface area contributed by atoms with Crippen LogP contribution in [0.5, 0.6) is 0 Å². The number of carbonyl (C=O) groups is 1. The average Bonchev–Trinajstić information content (AvgIpc) is 2.39. The van der Waals surface area contributed by atoms with E-state index in [1.54, 1.807) is 6.07 Å². The Bertz CT molecular complexity index is 453. The molecule has 0 atom stereocenters. The molecule has 0 spiro atoms. The van der Waals surface area contributed by atoms with Crippen LogP contribution in [-0.2, 0) is 0 Å². The Kier molecular flexibility index (Phi) is 4.40. The molecule has 0 aromatic carbocycles. The summed E-state index contributed by atoms with van der Waals surface area (Å²) in [5, 5.41) is 8.95. The number of anilines is 1. The summed E-state index contributed by atoms with van der Waals surface area (Å²) in [6, 6.07) is 1.70. The van der Waals surface area contributed by atoms with Crippen molar-refractivity contribution in [2.75, 3.05) is 18.5 Å². The van der Waals surface area contributed by atoms with E-state index >= 15 is 0 Å². The van der Waals surface area contributed by atoms with Gasteiger partial charge in [-0.25, -0.2) is 9.78 Å². The van der Waals surface area contributed by atoms with Gasteiger partial charge in [0.05, 0.1) is 5.56 Å². The van der Waals surface area contributed by atoms with Gasteiger partial charge in [-0.05, 0) is 37.3 Å². The Labute approximate surface area is 114 Å². The number of hydrogen-bond donors (Lipinski definition) is 1. The maximum Gasteiger partial charge on any atom is 0.337 e. The van der Waals surface area contributed by atoms with Crippen LogP contribution in [0.2, 0.25) is 0 Å². The van der Waals surface area contributed by atoms with E-state index in [-0.39, 0.29) is 5.56 Å². The number of carboxylic acid groups (broad SMARTS) is 1. The molecular formula is C15H22N2O2. The van der Waals surface area contributed by atoms with E-state index in [4.69, 9.17) is 5.11 Å². The molecule has 0 bridgehead atoms. The topological polar surface area (TPSA) is 53.4 Å². The number of aromatic carboxylic acids is 1. The van der Waals surface area contributed by atoms with Crippen molar-refractivity contribution in [3.63, 3.8) is 0 Å². The lowest BCUT2D eigenvalue weighted by atomic mass is 9.89. The highest BCUT2D eigenvalue weighted by molar-refractivity contribution is 5.87. The molecule has 1 saturated carbocycles. The number of nitrogens with zero attached hydrogens (tertiary/aromatic N) is 2. The Hall–Kier alpha value is -1.58. The van der Waals surface area contributed by atoms with Crippen molar-refractivity contribution in [3.8, 4) is 0 Å². The summed E-state index contributed by atoms with van der Waals surface area (Å²) in [5.41, 5.74) is 1.19. The number of rotatable bonds is 4. The zero-order valence-electron chi connectivity index (χ0n) is 11.7. The number of hydrogen-bond acceptors (Lipinski definition) is 3. The SMILES string of the molecule is Cc1cc(C(=O)O)cnc1N(C)CC1CCCCC1. The van der Waals surface area contributed by atoms with Crippen LogP contribution in [0.1, 0.15) is 48.0 Å². The summed E-state index contributed by atoms with van der Waals surface area (Å²) in [4.78, 5) is 17.4. The fourth-order valence-electron chi connectivity index (χ4n) is 2.93. The van der Waals surface area contributed by atoms with Gasteiger partial charge in [-0.3, -0.25) is 0 Å². The monoisotopic (exact) mass is 262 g/mol. The molecule has 1 aromatic rings. The van der Waals surface area contributed by atoms with Gasteiger partial charge in [0.2, 0.25) is 0 Å². The number of carboxylic acids is 1. The molecule has 1 aromatic heterocycles. The molecule has 4 nitrogen and oxygen atoms in total. The lowest BCUT2D eigenvalue weighted by Crippen LogP contribution is -2.28. The fraction of sp³-hybridized carbons (Fsp3) is 0.600. The van der Waals surface area contributed by atoms with Crippen LogP contribution in [0.15, 0.2) is 12.3 Å². The van der Waals surface area contributed by atoms with Crippen LogP contribution in [-0.4, -0.2) is 29.7 Å². The molecule has 1 aliphatic carbocycles. The minimum absolute atomic E-state index is 0.257. The maximum absolute atomic E-state index is 10.9. The predicted octanol–water partition coefficient (Wildman–Crippen LogP) is 3.10. The highest BCUT2D eigenvalue weighted by atomic mass is 16.4. The summed E-state index contributed by atoms with van der Waals surface area (Å²) in [5.74, 6) is 0.728. The minimum atomic E-state index is -0.919. The van der Waals surface area contributed by atoms with Crippen LogP contribution in [0.3, 0.4) is 0 Å². The van der Waals surface area contributed by atoms with E-state index in [9.17, 15) is 4.79 Å². The van der Waals surface area contributed by atoms with E-state index in [2.05, 4.69) is 9.88 Å². The van der Waals surface area contributed by atoms with E-state index in [0.29, 0.717) is 0 Å². The molecule has 1 heterocycles. The van der Waals surface area contributed by atoms with E-state index in [1.807, 2.05) is 14.0 Å². The highest BCUT2D eigenvalue weighted by Crippen LogP contribution is 2.26. The highest BCUT2D eigenvalue weighted by Gasteiger charge is 2.17. The van der Waals surface area contributed by atoms with E-state index in [0.717, 1.165) is 23.8 Å². The third-order valence-electron chi connectivity index (χ3n) is 3.92. The first-order valence-electron chi connectivity index (χ1n) is 6.99. The average molecular weight is 262 g/mol. The van der Waals surface area contributed by atoms with Gasteiger partial charge in [-0.15, -0.1) is 0 Å². The zero-order valence-corrected chi connectivity index (χ0v) is 11.7. The first-order valence-corrected chi connectivity index (χ1v) is 6.99. The second kappa shape index (κ2) is 6.04. The van der Waals surface area contributed by atoms with Crippen molar-refractivity contribution < 1.29 is 9.90 Å². The van der Waals surface area contributed by atoms with Crippen molar-refractivity contribution in [2.45, 2.75) is 39.0 Å². The second-order valence-electron chi connectivity index (χ2n) is 5.55. The molecule has 0 amide bonds. The largest absolute Gasteiger partial charge is 0.478 e. The second-order valence-corrected chi connectivity index (χ2v) is 5.55.